The normalized spacial score (nSPS) is 10.3. The van der Waals surface area contributed by atoms with Crippen LogP contribution in [0.3, 0.4) is 0 Å². The van der Waals surface area contributed by atoms with Crippen molar-refractivity contribution < 1.29 is 9.21 Å². The Morgan fingerprint density at radius 2 is 2.00 bits per heavy atom. The van der Waals surface area contributed by atoms with E-state index in [9.17, 15) is 4.79 Å². The standard InChI is InChI=1S/C18H17N3O2/c1-13-4-6-16(7-5-13)21-18(22)20-11-14-9-15(12-19-10-14)17-3-2-8-23-17/h2-10,12H,11H2,1H3,(H2,20,21,22). The predicted molar refractivity (Wildman–Crippen MR) is 89.0 cm³/mol. The summed E-state index contributed by atoms with van der Waals surface area (Å²) >= 11 is 0. The van der Waals surface area contributed by atoms with Crippen molar-refractivity contribution >= 4 is 11.7 Å². The van der Waals surface area contributed by atoms with Crippen molar-refractivity contribution in [3.8, 4) is 11.3 Å². The number of carbonyl (C=O) groups is 1. The molecule has 23 heavy (non-hydrogen) atoms. The maximum absolute atomic E-state index is 11.9. The number of carbonyl (C=O) groups excluding carboxylic acids is 1. The van der Waals surface area contributed by atoms with Gasteiger partial charge in [-0.1, -0.05) is 17.7 Å². The number of amides is 2. The molecule has 3 aromatic rings. The first-order valence-electron chi connectivity index (χ1n) is 7.30. The maximum Gasteiger partial charge on any atom is 0.319 e. The summed E-state index contributed by atoms with van der Waals surface area (Å²) in [6, 6.07) is 13.0. The van der Waals surface area contributed by atoms with Gasteiger partial charge >= 0.3 is 6.03 Å². The minimum atomic E-state index is -0.253. The van der Waals surface area contributed by atoms with Crippen molar-refractivity contribution in [3.05, 3.63) is 72.2 Å². The number of pyridine rings is 1. The van der Waals surface area contributed by atoms with Gasteiger partial charge in [-0.3, -0.25) is 4.98 Å². The van der Waals surface area contributed by atoms with E-state index in [4.69, 9.17) is 4.42 Å². The van der Waals surface area contributed by atoms with Gasteiger partial charge in [0.15, 0.2) is 0 Å². The monoisotopic (exact) mass is 307 g/mol. The van der Waals surface area contributed by atoms with Gasteiger partial charge in [-0.05, 0) is 42.8 Å². The number of aryl methyl sites for hydroxylation is 1. The molecule has 0 radical (unpaired) electrons. The van der Waals surface area contributed by atoms with Gasteiger partial charge in [0.25, 0.3) is 0 Å². The molecule has 3 rings (SSSR count). The molecule has 0 bridgehead atoms. The van der Waals surface area contributed by atoms with Gasteiger partial charge in [0.2, 0.25) is 0 Å². The van der Waals surface area contributed by atoms with Crippen molar-refractivity contribution in [3.63, 3.8) is 0 Å². The molecule has 2 heterocycles. The first-order valence-corrected chi connectivity index (χ1v) is 7.30. The zero-order valence-electron chi connectivity index (χ0n) is 12.7. The molecular weight excluding hydrogens is 290 g/mol. The fourth-order valence-corrected chi connectivity index (χ4v) is 2.16. The maximum atomic E-state index is 11.9. The lowest BCUT2D eigenvalue weighted by molar-refractivity contribution is 0.251. The number of anilines is 1. The van der Waals surface area contributed by atoms with Crippen LogP contribution in [0.25, 0.3) is 11.3 Å². The molecule has 0 saturated carbocycles. The van der Waals surface area contributed by atoms with E-state index in [1.807, 2.05) is 49.4 Å². The first-order chi connectivity index (χ1) is 11.2. The molecule has 2 amide bonds. The third-order valence-corrected chi connectivity index (χ3v) is 3.36. The smallest absolute Gasteiger partial charge is 0.319 e. The van der Waals surface area contributed by atoms with E-state index in [1.165, 1.54) is 0 Å². The van der Waals surface area contributed by atoms with E-state index >= 15 is 0 Å². The third kappa shape index (κ3) is 3.97. The Balaban J connectivity index is 1.58. The van der Waals surface area contributed by atoms with E-state index in [1.54, 1.807) is 18.7 Å². The summed E-state index contributed by atoms with van der Waals surface area (Å²) in [5.74, 6) is 0.753. The Bertz CT molecular complexity index is 780. The second kappa shape index (κ2) is 6.79. The summed E-state index contributed by atoms with van der Waals surface area (Å²) < 4.78 is 5.35. The lowest BCUT2D eigenvalue weighted by atomic mass is 10.1. The Kier molecular flexibility index (Phi) is 4.38. The van der Waals surface area contributed by atoms with Crippen molar-refractivity contribution in [1.82, 2.24) is 10.3 Å². The van der Waals surface area contributed by atoms with Crippen LogP contribution in [0.4, 0.5) is 10.5 Å². The van der Waals surface area contributed by atoms with Crippen molar-refractivity contribution in [2.24, 2.45) is 0 Å². The number of furan rings is 1. The van der Waals surface area contributed by atoms with E-state index < -0.39 is 0 Å². The minimum Gasteiger partial charge on any atom is -0.464 e. The van der Waals surface area contributed by atoms with Gasteiger partial charge in [-0.2, -0.15) is 0 Å². The molecular formula is C18H17N3O2. The number of urea groups is 1. The number of nitrogens with zero attached hydrogens (tertiary/aromatic N) is 1. The number of nitrogens with one attached hydrogen (secondary N) is 2. The summed E-state index contributed by atoms with van der Waals surface area (Å²) in [4.78, 5) is 16.1. The fourth-order valence-electron chi connectivity index (χ4n) is 2.16. The second-order valence-electron chi connectivity index (χ2n) is 5.23. The highest BCUT2D eigenvalue weighted by atomic mass is 16.3. The lowest BCUT2D eigenvalue weighted by Gasteiger charge is -2.08. The fraction of sp³-hybridized carbons (Fsp3) is 0.111. The van der Waals surface area contributed by atoms with Crippen LogP contribution in [-0.4, -0.2) is 11.0 Å². The Morgan fingerprint density at radius 1 is 1.17 bits per heavy atom. The van der Waals surface area contributed by atoms with Crippen molar-refractivity contribution in [2.75, 3.05) is 5.32 Å². The van der Waals surface area contributed by atoms with Gasteiger partial charge in [0.1, 0.15) is 5.76 Å². The third-order valence-electron chi connectivity index (χ3n) is 3.36. The zero-order chi connectivity index (χ0) is 16.1. The highest BCUT2D eigenvalue weighted by Crippen LogP contribution is 2.19. The average Bonchev–Trinajstić information content (AvgIpc) is 3.10. The summed E-state index contributed by atoms with van der Waals surface area (Å²) in [6.45, 7) is 2.39. The molecule has 0 aliphatic rings. The molecule has 0 atom stereocenters. The molecule has 1 aromatic carbocycles. The van der Waals surface area contributed by atoms with Gasteiger partial charge in [0.05, 0.1) is 6.26 Å². The predicted octanol–water partition coefficient (Wildman–Crippen LogP) is 3.97. The van der Waals surface area contributed by atoms with E-state index in [2.05, 4.69) is 15.6 Å². The van der Waals surface area contributed by atoms with Gasteiger partial charge in [-0.25, -0.2) is 4.79 Å². The number of hydrogen-bond donors (Lipinski definition) is 2. The van der Waals surface area contributed by atoms with Crippen molar-refractivity contribution in [1.29, 1.82) is 0 Å². The van der Waals surface area contributed by atoms with Crippen LogP contribution in [0, 0.1) is 6.92 Å². The van der Waals surface area contributed by atoms with E-state index in [0.29, 0.717) is 6.54 Å². The quantitative estimate of drug-likeness (QED) is 0.766. The zero-order valence-corrected chi connectivity index (χ0v) is 12.7. The first kappa shape index (κ1) is 14.8. The van der Waals surface area contributed by atoms with Gasteiger partial charge < -0.3 is 15.1 Å². The highest BCUT2D eigenvalue weighted by Gasteiger charge is 2.05. The molecule has 0 saturated heterocycles. The Hall–Kier alpha value is -3.08. The molecule has 2 aromatic heterocycles. The van der Waals surface area contributed by atoms with Crippen LogP contribution < -0.4 is 10.6 Å². The van der Waals surface area contributed by atoms with Crippen LogP contribution in [0.2, 0.25) is 0 Å². The van der Waals surface area contributed by atoms with Crippen LogP contribution in [0.5, 0.6) is 0 Å². The lowest BCUT2D eigenvalue weighted by Crippen LogP contribution is -2.28. The summed E-state index contributed by atoms with van der Waals surface area (Å²) in [5.41, 5.74) is 3.69. The van der Waals surface area contributed by atoms with Crippen molar-refractivity contribution in [2.45, 2.75) is 13.5 Å². The van der Waals surface area contributed by atoms with Gasteiger partial charge in [-0.15, -0.1) is 0 Å². The Labute approximate surface area is 134 Å². The van der Waals surface area contributed by atoms with Crippen LogP contribution >= 0.6 is 0 Å². The van der Waals surface area contributed by atoms with Crippen LogP contribution in [0.15, 0.2) is 65.5 Å². The summed E-state index contributed by atoms with van der Waals surface area (Å²) in [7, 11) is 0. The second-order valence-corrected chi connectivity index (χ2v) is 5.23. The van der Waals surface area contributed by atoms with Crippen LogP contribution in [0.1, 0.15) is 11.1 Å². The summed E-state index contributed by atoms with van der Waals surface area (Å²) in [6.07, 6.45) is 5.07. The molecule has 5 nitrogen and oxygen atoms in total. The number of rotatable bonds is 4. The number of benzene rings is 1. The summed E-state index contributed by atoms with van der Waals surface area (Å²) in [5, 5.41) is 5.61. The van der Waals surface area contributed by atoms with Gasteiger partial charge in [0, 0.05) is 30.2 Å². The molecule has 0 unspecified atom stereocenters. The Morgan fingerprint density at radius 3 is 2.74 bits per heavy atom. The SMILES string of the molecule is Cc1ccc(NC(=O)NCc2cncc(-c3ccco3)c2)cc1. The largest absolute Gasteiger partial charge is 0.464 e. The average molecular weight is 307 g/mol. The topological polar surface area (TPSA) is 67.2 Å². The molecule has 0 aliphatic heterocycles. The highest BCUT2D eigenvalue weighted by molar-refractivity contribution is 5.89. The molecule has 2 N–H and O–H groups in total. The van der Waals surface area contributed by atoms with E-state index in [0.717, 1.165) is 28.1 Å². The molecule has 0 fully saturated rings. The number of hydrogen-bond acceptors (Lipinski definition) is 3. The number of aromatic nitrogens is 1. The molecule has 0 aliphatic carbocycles. The molecule has 116 valence electrons. The van der Waals surface area contributed by atoms with E-state index in [-0.39, 0.29) is 6.03 Å². The molecule has 0 spiro atoms. The molecule has 5 heteroatoms. The minimum absolute atomic E-state index is 0.253. The van der Waals surface area contributed by atoms with Crippen LogP contribution in [-0.2, 0) is 6.54 Å².